The molecule has 0 N–H and O–H groups in total. The second-order valence-corrected chi connectivity index (χ2v) is 19.8. The fourth-order valence-electron chi connectivity index (χ4n) is 9.33. The molecule has 0 saturated carbocycles. The van der Waals surface area contributed by atoms with Crippen LogP contribution in [0, 0.1) is 0 Å². The van der Waals surface area contributed by atoms with Crippen LogP contribution >= 0.6 is 0 Å². The fourth-order valence-corrected chi connectivity index (χ4v) is 11.9. The van der Waals surface area contributed by atoms with E-state index in [1.807, 2.05) is 0 Å². The number of benzene rings is 4. The summed E-state index contributed by atoms with van der Waals surface area (Å²) in [6.45, 7) is 28.2. The fraction of sp³-hybridized carbons (Fsp3) is 0.462. The van der Waals surface area contributed by atoms with E-state index in [2.05, 4.69) is 156 Å². The summed E-state index contributed by atoms with van der Waals surface area (Å²) >= 11 is 0. The Kier molecular flexibility index (Phi) is 12.2. The van der Waals surface area contributed by atoms with Gasteiger partial charge in [-0.15, -0.1) is 0 Å². The van der Waals surface area contributed by atoms with Gasteiger partial charge in [-0.05, 0) is 128 Å². The van der Waals surface area contributed by atoms with Gasteiger partial charge in [0, 0.05) is 21.4 Å². The molecule has 0 aromatic heterocycles. The first-order valence-electron chi connectivity index (χ1n) is 21.3. The van der Waals surface area contributed by atoms with Crippen LogP contribution in [0.3, 0.4) is 0 Å². The van der Waals surface area contributed by atoms with Gasteiger partial charge in [-0.1, -0.05) is 178 Å². The lowest BCUT2D eigenvalue weighted by Gasteiger charge is -2.22. The van der Waals surface area contributed by atoms with Crippen LogP contribution in [0.5, 0.6) is 0 Å². The minimum atomic E-state index is -0.329. The van der Waals surface area contributed by atoms with Crippen LogP contribution in [-0.4, -0.2) is 9.52 Å². The van der Waals surface area contributed by atoms with Crippen LogP contribution in [-0.2, 0) is 12.8 Å². The van der Waals surface area contributed by atoms with Crippen molar-refractivity contribution in [2.24, 2.45) is 0 Å². The van der Waals surface area contributed by atoms with E-state index in [1.165, 1.54) is 91.7 Å². The van der Waals surface area contributed by atoms with Gasteiger partial charge in [0.15, 0.2) is 0 Å². The minimum Gasteiger partial charge on any atom is -0.0655 e. The molecule has 0 aliphatic heterocycles. The van der Waals surface area contributed by atoms with Crippen LogP contribution in [0.25, 0.3) is 34.4 Å². The summed E-state index contributed by atoms with van der Waals surface area (Å²) in [6.07, 6.45) is 9.76. The second kappa shape index (κ2) is 16.5. The summed E-state index contributed by atoms with van der Waals surface area (Å²) in [4.78, 5) is 0. The standard InChI is InChI=1S/C52H68Si/c1-13-15-37-17-19-45-47(51(37)43-25-39(31(3)4)23-40(26-43)32(5)6)21-35(11)49(45)29-53-30-50-36(12)22-48-46(50)20-18-38(16-14-2)52(48)44-27-41(33(7)8)24-42(28-44)34(9)10/h17-28,31-34,49-50H,13-16,29-30,53H2,1-12H3. The molecule has 0 spiro atoms. The maximum absolute atomic E-state index is 2.58. The average Bonchev–Trinajstić information content (AvgIpc) is 3.61. The summed E-state index contributed by atoms with van der Waals surface area (Å²) in [5, 5.41) is 0. The Labute approximate surface area is 326 Å². The number of hydrogen-bond acceptors (Lipinski definition) is 0. The molecule has 0 nitrogen and oxygen atoms in total. The molecule has 0 bridgehead atoms. The number of rotatable bonds is 14. The number of hydrogen-bond donors (Lipinski definition) is 0. The third-order valence-electron chi connectivity index (χ3n) is 12.5. The van der Waals surface area contributed by atoms with Gasteiger partial charge in [-0.25, -0.2) is 0 Å². The van der Waals surface area contributed by atoms with Crippen molar-refractivity contribution < 1.29 is 0 Å². The van der Waals surface area contributed by atoms with Crippen LogP contribution in [0.1, 0.15) is 187 Å². The lowest BCUT2D eigenvalue weighted by Crippen LogP contribution is -2.08. The van der Waals surface area contributed by atoms with Crippen molar-refractivity contribution in [2.45, 2.75) is 156 Å². The lowest BCUT2D eigenvalue weighted by atomic mass is 9.85. The van der Waals surface area contributed by atoms with Crippen molar-refractivity contribution in [1.82, 2.24) is 0 Å². The first kappa shape index (κ1) is 39.3. The van der Waals surface area contributed by atoms with Gasteiger partial charge in [0.2, 0.25) is 0 Å². The van der Waals surface area contributed by atoms with Gasteiger partial charge in [0.25, 0.3) is 0 Å². The smallest absolute Gasteiger partial charge is 0.0218 e. The van der Waals surface area contributed by atoms with E-state index in [0.29, 0.717) is 35.5 Å². The van der Waals surface area contributed by atoms with Crippen molar-refractivity contribution in [2.75, 3.05) is 0 Å². The monoisotopic (exact) mass is 721 g/mol. The van der Waals surface area contributed by atoms with Crippen molar-refractivity contribution in [3.05, 3.63) is 127 Å². The lowest BCUT2D eigenvalue weighted by molar-refractivity contribution is 0.834. The van der Waals surface area contributed by atoms with E-state index in [9.17, 15) is 0 Å². The molecule has 53 heavy (non-hydrogen) atoms. The van der Waals surface area contributed by atoms with Gasteiger partial charge in [-0.2, -0.15) is 0 Å². The van der Waals surface area contributed by atoms with Crippen molar-refractivity contribution in [3.8, 4) is 22.3 Å². The molecule has 0 heterocycles. The quantitative estimate of drug-likeness (QED) is 0.114. The Morgan fingerprint density at radius 3 is 1.13 bits per heavy atom. The largest absolute Gasteiger partial charge is 0.0655 e. The van der Waals surface area contributed by atoms with Crippen molar-refractivity contribution in [1.29, 1.82) is 0 Å². The highest BCUT2D eigenvalue weighted by atomic mass is 28.2. The minimum absolute atomic E-state index is 0.329. The van der Waals surface area contributed by atoms with Gasteiger partial charge in [0.05, 0.1) is 0 Å². The Bertz CT molecular complexity index is 1810. The van der Waals surface area contributed by atoms with E-state index >= 15 is 0 Å². The van der Waals surface area contributed by atoms with E-state index in [1.54, 1.807) is 22.3 Å². The normalized spacial score (nSPS) is 16.8. The maximum atomic E-state index is 2.58. The third-order valence-corrected chi connectivity index (χ3v) is 14.5. The van der Waals surface area contributed by atoms with Crippen molar-refractivity contribution in [3.63, 3.8) is 0 Å². The van der Waals surface area contributed by atoms with Crippen LogP contribution in [0.4, 0.5) is 0 Å². The molecular weight excluding hydrogens is 653 g/mol. The molecule has 6 rings (SSSR count). The second-order valence-electron chi connectivity index (χ2n) is 17.9. The molecule has 0 amide bonds. The summed E-state index contributed by atoms with van der Waals surface area (Å²) in [5.41, 5.74) is 24.1. The first-order chi connectivity index (χ1) is 25.3. The van der Waals surface area contributed by atoms with Crippen molar-refractivity contribution >= 4 is 21.7 Å². The Hall–Kier alpha value is -3.42. The molecule has 0 saturated heterocycles. The molecule has 2 unspecified atom stereocenters. The molecule has 2 atom stereocenters. The zero-order valence-electron chi connectivity index (χ0n) is 35.3. The summed E-state index contributed by atoms with van der Waals surface area (Å²) in [6, 6.07) is 27.6. The molecule has 4 aromatic rings. The van der Waals surface area contributed by atoms with Crippen LogP contribution in [0.15, 0.2) is 71.8 Å². The first-order valence-corrected chi connectivity index (χ1v) is 23.3. The van der Waals surface area contributed by atoms with Crippen LogP contribution in [0.2, 0.25) is 12.1 Å². The summed E-state index contributed by atoms with van der Waals surface area (Å²) in [7, 11) is -0.329. The highest BCUT2D eigenvalue weighted by molar-refractivity contribution is 6.36. The zero-order valence-corrected chi connectivity index (χ0v) is 36.8. The predicted molar refractivity (Wildman–Crippen MR) is 239 cm³/mol. The highest BCUT2D eigenvalue weighted by Crippen LogP contribution is 2.48. The molecule has 1 heteroatoms. The Balaban J connectivity index is 1.31. The molecule has 2 aliphatic rings. The number of aryl methyl sites for hydroxylation is 2. The van der Waals surface area contributed by atoms with E-state index < -0.39 is 0 Å². The van der Waals surface area contributed by atoms with E-state index in [4.69, 9.17) is 0 Å². The summed E-state index contributed by atoms with van der Waals surface area (Å²) < 4.78 is 0. The summed E-state index contributed by atoms with van der Waals surface area (Å²) in [5.74, 6) is 3.19. The van der Waals surface area contributed by atoms with Gasteiger partial charge in [0.1, 0.15) is 0 Å². The molecule has 4 aromatic carbocycles. The SMILES string of the molecule is CCCc1ccc2c(c1-c1cc(C(C)C)cc(C(C)C)c1)C=C(C)C2C[SiH2]CC1C(C)=Cc2c1ccc(CCC)c2-c1cc(C(C)C)cc(C(C)C)c1. The van der Waals surface area contributed by atoms with Gasteiger partial charge < -0.3 is 0 Å². The Morgan fingerprint density at radius 1 is 0.491 bits per heavy atom. The predicted octanol–water partition coefficient (Wildman–Crippen LogP) is 15.1. The van der Waals surface area contributed by atoms with E-state index in [0.717, 1.165) is 12.8 Å². The topological polar surface area (TPSA) is 0 Å². The van der Waals surface area contributed by atoms with Gasteiger partial charge >= 0.3 is 0 Å². The third kappa shape index (κ3) is 8.03. The van der Waals surface area contributed by atoms with Crippen LogP contribution < -0.4 is 0 Å². The molecule has 0 radical (unpaired) electrons. The molecule has 2 aliphatic carbocycles. The number of allylic oxidation sites excluding steroid dienone is 2. The average molecular weight is 721 g/mol. The number of fused-ring (bicyclic) bond motifs is 2. The molecule has 280 valence electrons. The Morgan fingerprint density at radius 2 is 0.830 bits per heavy atom. The highest BCUT2D eigenvalue weighted by Gasteiger charge is 2.30. The zero-order chi connectivity index (χ0) is 38.1. The molecular formula is C52H68Si. The maximum Gasteiger partial charge on any atom is 0.0218 e. The van der Waals surface area contributed by atoms with E-state index in [-0.39, 0.29) is 9.52 Å². The molecule has 0 fully saturated rings. The van der Waals surface area contributed by atoms with Gasteiger partial charge in [-0.3, -0.25) is 0 Å².